The molecule has 0 aliphatic carbocycles. The van der Waals surface area contributed by atoms with E-state index in [2.05, 4.69) is 148 Å². The second-order valence-electron chi connectivity index (χ2n) is 22.2. The van der Waals surface area contributed by atoms with Crippen molar-refractivity contribution in [2.45, 2.75) is 315 Å². The first-order valence-corrected chi connectivity index (χ1v) is 33.7. The third kappa shape index (κ3) is 66.6. The SMILES string of the molecule is CC/C=C\C/C=C\C/C=C\C/C=C\C/C=C\C/C=C\C/C=C\C/C=C\C/C=C\CCCCCCCCCC(=O)OC(CO)COC(=O)CCCCCCCCCCCCCCCCCCCCC/C=C\C/C=C\CCCCCCC. The number of aliphatic hydroxyl groups excluding tert-OH is 1. The van der Waals surface area contributed by atoms with Crippen molar-refractivity contribution >= 4 is 11.9 Å². The van der Waals surface area contributed by atoms with E-state index in [0.717, 1.165) is 109 Å². The lowest BCUT2D eigenvalue weighted by Crippen LogP contribution is -2.28. The summed E-state index contributed by atoms with van der Waals surface area (Å²) in [7, 11) is 0. The van der Waals surface area contributed by atoms with Gasteiger partial charge in [0.15, 0.2) is 6.10 Å². The van der Waals surface area contributed by atoms with Crippen LogP contribution in [0.25, 0.3) is 0 Å². The fourth-order valence-corrected chi connectivity index (χ4v) is 9.40. The molecule has 456 valence electrons. The van der Waals surface area contributed by atoms with Crippen molar-refractivity contribution in [1.29, 1.82) is 0 Å². The number of carbonyl (C=O) groups is 2. The van der Waals surface area contributed by atoms with Crippen LogP contribution in [-0.2, 0) is 19.1 Å². The third-order valence-electron chi connectivity index (χ3n) is 14.4. The zero-order valence-electron chi connectivity index (χ0n) is 52.3. The number of hydrogen-bond donors (Lipinski definition) is 1. The van der Waals surface area contributed by atoms with Crippen LogP contribution < -0.4 is 0 Å². The van der Waals surface area contributed by atoms with Crippen LogP contribution in [0.5, 0.6) is 0 Å². The lowest BCUT2D eigenvalue weighted by atomic mass is 10.0. The monoisotopic (exact) mass is 1110 g/mol. The lowest BCUT2D eigenvalue weighted by Gasteiger charge is -2.15. The van der Waals surface area contributed by atoms with Crippen molar-refractivity contribution in [2.75, 3.05) is 13.2 Å². The van der Waals surface area contributed by atoms with Gasteiger partial charge in [0.25, 0.3) is 0 Å². The summed E-state index contributed by atoms with van der Waals surface area (Å²) in [5.74, 6) is -0.600. The predicted octanol–water partition coefficient (Wildman–Crippen LogP) is 23.5. The third-order valence-corrected chi connectivity index (χ3v) is 14.4. The van der Waals surface area contributed by atoms with E-state index >= 15 is 0 Å². The van der Waals surface area contributed by atoms with E-state index < -0.39 is 6.10 Å². The van der Waals surface area contributed by atoms with Crippen molar-refractivity contribution in [3.8, 4) is 0 Å². The lowest BCUT2D eigenvalue weighted by molar-refractivity contribution is -0.161. The number of rotatable bonds is 61. The summed E-state index contributed by atoms with van der Waals surface area (Å²) in [4.78, 5) is 24.6. The summed E-state index contributed by atoms with van der Waals surface area (Å²) in [5.41, 5.74) is 0. The molecule has 0 fully saturated rings. The van der Waals surface area contributed by atoms with Crippen LogP contribution in [0.15, 0.2) is 134 Å². The minimum atomic E-state index is -0.788. The normalized spacial score (nSPS) is 13.1. The van der Waals surface area contributed by atoms with Crippen LogP contribution in [0, 0.1) is 0 Å². The highest BCUT2D eigenvalue weighted by atomic mass is 16.6. The number of aliphatic hydroxyl groups is 1. The molecule has 0 aromatic heterocycles. The molecule has 0 spiro atoms. The average Bonchev–Trinajstić information content (AvgIpc) is 3.46. The van der Waals surface area contributed by atoms with Crippen molar-refractivity contribution in [2.24, 2.45) is 0 Å². The highest BCUT2D eigenvalue weighted by molar-refractivity contribution is 5.70. The standard InChI is InChI=1S/C75H126O5/c1-3-5-7-9-11-13-15-17-19-21-23-25-27-29-31-33-35-36-37-38-40-42-44-46-48-50-52-54-56-58-60-62-64-66-68-70-75(78)80-73(71-76)72-79-74(77)69-67-65-63-61-59-57-55-53-51-49-47-45-43-41-39-34-32-30-28-26-24-22-20-18-16-14-12-10-8-6-4-2/h5,7,11,13,16-19,22-25,29,31,35-36,38,40,44,46,50,52,73,76H,3-4,6,8-10,12,14-15,20-21,26-28,30,32-34,37,39,41-43,45,47-49,51,53-72H2,1-2H3/b7-5-,13-11-,18-16-,19-17-,24-22-,25-23-,31-29-,36-35-,40-38-,46-44-,52-50-. The molecule has 1 unspecified atom stereocenters. The van der Waals surface area contributed by atoms with Crippen LogP contribution in [0.3, 0.4) is 0 Å². The predicted molar refractivity (Wildman–Crippen MR) is 352 cm³/mol. The highest BCUT2D eigenvalue weighted by Crippen LogP contribution is 2.17. The Balaban J connectivity index is 3.54. The largest absolute Gasteiger partial charge is 0.462 e. The first-order valence-electron chi connectivity index (χ1n) is 33.7. The van der Waals surface area contributed by atoms with Crippen molar-refractivity contribution in [3.05, 3.63) is 134 Å². The summed E-state index contributed by atoms with van der Waals surface area (Å²) in [5, 5.41) is 9.70. The Hall–Kier alpha value is -3.96. The molecule has 1 N–H and O–H groups in total. The van der Waals surface area contributed by atoms with Gasteiger partial charge in [-0.3, -0.25) is 9.59 Å². The number of allylic oxidation sites excluding steroid dienone is 22. The molecule has 0 heterocycles. The number of carbonyl (C=O) groups excluding carboxylic acids is 2. The maximum Gasteiger partial charge on any atom is 0.306 e. The van der Waals surface area contributed by atoms with Gasteiger partial charge >= 0.3 is 11.9 Å². The molecule has 0 aliphatic heterocycles. The average molecular weight is 1110 g/mol. The van der Waals surface area contributed by atoms with Crippen molar-refractivity contribution < 1.29 is 24.2 Å². The first kappa shape index (κ1) is 76.0. The zero-order chi connectivity index (χ0) is 57.6. The van der Waals surface area contributed by atoms with E-state index in [-0.39, 0.29) is 25.2 Å². The summed E-state index contributed by atoms with van der Waals surface area (Å²) >= 11 is 0. The molecule has 0 saturated carbocycles. The Morgan fingerprint density at radius 3 is 0.812 bits per heavy atom. The molecule has 0 amide bonds. The molecule has 0 aliphatic rings. The van der Waals surface area contributed by atoms with Crippen LogP contribution in [0.2, 0.25) is 0 Å². The van der Waals surface area contributed by atoms with Gasteiger partial charge < -0.3 is 14.6 Å². The summed E-state index contributed by atoms with van der Waals surface area (Å²) in [6.45, 7) is 4.03. The summed E-state index contributed by atoms with van der Waals surface area (Å²) in [6, 6.07) is 0. The Labute approximate surface area is 496 Å². The highest BCUT2D eigenvalue weighted by Gasteiger charge is 2.16. The minimum Gasteiger partial charge on any atom is -0.462 e. The molecule has 0 radical (unpaired) electrons. The maximum atomic E-state index is 12.4. The van der Waals surface area contributed by atoms with Crippen LogP contribution >= 0.6 is 0 Å². The number of ether oxygens (including phenoxy) is 2. The van der Waals surface area contributed by atoms with Gasteiger partial charge in [0.2, 0.25) is 0 Å². The number of esters is 2. The Kier molecular flexibility index (Phi) is 65.9. The van der Waals surface area contributed by atoms with Gasteiger partial charge in [-0.1, -0.05) is 314 Å². The van der Waals surface area contributed by atoms with E-state index in [4.69, 9.17) is 9.47 Å². The molecule has 0 aromatic carbocycles. The van der Waals surface area contributed by atoms with Crippen molar-refractivity contribution in [3.63, 3.8) is 0 Å². The van der Waals surface area contributed by atoms with Gasteiger partial charge in [0.1, 0.15) is 6.61 Å². The second kappa shape index (κ2) is 69.3. The smallest absolute Gasteiger partial charge is 0.306 e. The van der Waals surface area contributed by atoms with Crippen LogP contribution in [0.4, 0.5) is 0 Å². The molecule has 5 heteroatoms. The van der Waals surface area contributed by atoms with Gasteiger partial charge in [-0.05, 0) is 116 Å². The quantitative estimate of drug-likeness (QED) is 0.0373. The van der Waals surface area contributed by atoms with E-state index in [1.807, 2.05) is 0 Å². The van der Waals surface area contributed by atoms with E-state index in [1.165, 1.54) is 173 Å². The van der Waals surface area contributed by atoms with Crippen molar-refractivity contribution in [1.82, 2.24) is 0 Å². The fourth-order valence-electron chi connectivity index (χ4n) is 9.40. The van der Waals surface area contributed by atoms with Gasteiger partial charge in [-0.15, -0.1) is 0 Å². The number of unbranched alkanes of at least 4 members (excludes halogenated alkanes) is 31. The van der Waals surface area contributed by atoms with E-state index in [0.29, 0.717) is 12.8 Å². The summed E-state index contributed by atoms with van der Waals surface area (Å²) < 4.78 is 10.7. The Morgan fingerprint density at radius 1 is 0.300 bits per heavy atom. The topological polar surface area (TPSA) is 72.8 Å². The second-order valence-corrected chi connectivity index (χ2v) is 22.2. The Morgan fingerprint density at radius 2 is 0.537 bits per heavy atom. The molecular formula is C75H126O5. The van der Waals surface area contributed by atoms with Crippen LogP contribution in [-0.4, -0.2) is 36.4 Å². The molecule has 0 bridgehead atoms. The van der Waals surface area contributed by atoms with Gasteiger partial charge in [0, 0.05) is 12.8 Å². The van der Waals surface area contributed by atoms with Gasteiger partial charge in [-0.25, -0.2) is 0 Å². The molecular weight excluding hydrogens is 981 g/mol. The first-order chi connectivity index (χ1) is 39.6. The van der Waals surface area contributed by atoms with E-state index in [1.54, 1.807) is 0 Å². The Bertz CT molecular complexity index is 1630. The van der Waals surface area contributed by atoms with Crippen LogP contribution in [0.1, 0.15) is 309 Å². The maximum absolute atomic E-state index is 12.4. The van der Waals surface area contributed by atoms with Gasteiger partial charge in [0.05, 0.1) is 6.61 Å². The summed E-state index contributed by atoms with van der Waals surface area (Å²) in [6.07, 6.45) is 103. The molecule has 0 rings (SSSR count). The van der Waals surface area contributed by atoms with Gasteiger partial charge in [-0.2, -0.15) is 0 Å². The molecule has 5 nitrogen and oxygen atoms in total. The minimum absolute atomic E-state index is 0.0752. The molecule has 0 saturated heterocycles. The zero-order valence-corrected chi connectivity index (χ0v) is 52.3. The molecule has 80 heavy (non-hydrogen) atoms. The molecule has 0 aromatic rings. The van der Waals surface area contributed by atoms with E-state index in [9.17, 15) is 14.7 Å². The molecule has 1 atom stereocenters. The fraction of sp³-hybridized carbons (Fsp3) is 0.680. The number of hydrogen-bond acceptors (Lipinski definition) is 5.